The highest BCUT2D eigenvalue weighted by molar-refractivity contribution is 5.61. The first kappa shape index (κ1) is 11.5. The van der Waals surface area contributed by atoms with Gasteiger partial charge in [-0.1, -0.05) is 8.96 Å². The molecule has 0 aliphatic rings. The first-order valence-electron chi connectivity index (χ1n) is 3.57. The lowest BCUT2D eigenvalue weighted by Gasteiger charge is -2.12. The van der Waals surface area contributed by atoms with Gasteiger partial charge in [-0.25, -0.2) is 18.7 Å². The maximum absolute atomic E-state index is 13.0. The standard InChI is InChI=1S/C7H4F6N2/c1-2-3(8)6(14-11)4(9)5(10)7(2)15(12)13/h14H,1H3. The number of halogens is 6. The monoisotopic (exact) mass is 230 g/mol. The molecule has 15 heavy (non-hydrogen) atoms. The van der Waals surface area contributed by atoms with Crippen molar-refractivity contribution in [2.75, 3.05) is 10.9 Å². The van der Waals surface area contributed by atoms with Crippen molar-refractivity contribution in [3.63, 3.8) is 0 Å². The molecule has 0 heterocycles. The molecule has 2 nitrogen and oxygen atoms in total. The summed E-state index contributed by atoms with van der Waals surface area (Å²) in [5.74, 6) is -5.69. The Kier molecular flexibility index (Phi) is 2.96. The van der Waals surface area contributed by atoms with Gasteiger partial charge in [0.05, 0.1) is 0 Å². The zero-order valence-corrected chi connectivity index (χ0v) is 7.22. The number of nitrogens with zero attached hydrogens (tertiary/aromatic N) is 1. The van der Waals surface area contributed by atoms with Crippen LogP contribution in [0.1, 0.15) is 5.56 Å². The molecule has 0 saturated heterocycles. The van der Waals surface area contributed by atoms with Crippen LogP contribution in [0.5, 0.6) is 0 Å². The Morgan fingerprint density at radius 1 is 1.00 bits per heavy atom. The van der Waals surface area contributed by atoms with Crippen LogP contribution in [0, 0.1) is 24.4 Å². The van der Waals surface area contributed by atoms with Crippen LogP contribution in [0.15, 0.2) is 0 Å². The van der Waals surface area contributed by atoms with E-state index in [2.05, 4.69) is 0 Å². The van der Waals surface area contributed by atoms with E-state index in [1.54, 1.807) is 0 Å². The fourth-order valence-electron chi connectivity index (χ4n) is 1.05. The molecule has 0 aliphatic heterocycles. The predicted octanol–water partition coefficient (Wildman–Crippen LogP) is 3.28. The van der Waals surface area contributed by atoms with E-state index >= 15 is 0 Å². The van der Waals surface area contributed by atoms with Gasteiger partial charge in [0.15, 0.2) is 17.5 Å². The van der Waals surface area contributed by atoms with Crippen LogP contribution in [-0.2, 0) is 0 Å². The fourth-order valence-corrected chi connectivity index (χ4v) is 1.05. The van der Waals surface area contributed by atoms with Gasteiger partial charge in [-0.15, -0.1) is 4.48 Å². The molecule has 0 bridgehead atoms. The Hall–Kier alpha value is -1.60. The molecule has 1 aromatic carbocycles. The van der Waals surface area contributed by atoms with E-state index < -0.39 is 39.7 Å². The average molecular weight is 230 g/mol. The summed E-state index contributed by atoms with van der Waals surface area (Å²) < 4.78 is 74.6. The zero-order valence-electron chi connectivity index (χ0n) is 7.22. The average Bonchev–Trinajstić information content (AvgIpc) is 2.16. The maximum Gasteiger partial charge on any atom is 0.190 e. The van der Waals surface area contributed by atoms with Crippen molar-refractivity contribution in [3.8, 4) is 0 Å². The molecule has 0 spiro atoms. The lowest BCUT2D eigenvalue weighted by molar-refractivity contribution is 0.228. The van der Waals surface area contributed by atoms with E-state index in [-0.39, 0.29) is 0 Å². The molecular weight excluding hydrogens is 226 g/mol. The topological polar surface area (TPSA) is 15.3 Å². The summed E-state index contributed by atoms with van der Waals surface area (Å²) in [6.07, 6.45) is 0. The third-order valence-electron chi connectivity index (χ3n) is 1.79. The molecule has 0 aromatic heterocycles. The molecule has 1 N–H and O–H groups in total. The largest absolute Gasteiger partial charge is 0.218 e. The van der Waals surface area contributed by atoms with Crippen molar-refractivity contribution in [1.29, 1.82) is 0 Å². The third-order valence-corrected chi connectivity index (χ3v) is 1.79. The van der Waals surface area contributed by atoms with Crippen molar-refractivity contribution >= 4 is 11.4 Å². The Morgan fingerprint density at radius 3 is 1.93 bits per heavy atom. The molecule has 0 aliphatic carbocycles. The molecule has 1 rings (SSSR count). The van der Waals surface area contributed by atoms with Crippen LogP contribution in [0.2, 0.25) is 0 Å². The van der Waals surface area contributed by atoms with Gasteiger partial charge in [-0.2, -0.15) is 0 Å². The molecule has 0 saturated carbocycles. The highest BCUT2D eigenvalue weighted by atomic mass is 19.4. The van der Waals surface area contributed by atoms with Gasteiger partial charge >= 0.3 is 0 Å². The molecule has 1 aromatic rings. The molecule has 0 radical (unpaired) electrons. The lowest BCUT2D eigenvalue weighted by atomic mass is 10.1. The third kappa shape index (κ3) is 1.66. The smallest absolute Gasteiger partial charge is 0.190 e. The van der Waals surface area contributed by atoms with Crippen LogP contribution in [0.3, 0.4) is 0 Å². The fraction of sp³-hybridized carbons (Fsp3) is 0.143. The molecule has 0 fully saturated rings. The quantitative estimate of drug-likeness (QED) is 0.476. The summed E-state index contributed by atoms with van der Waals surface area (Å²) >= 11 is 0. The summed E-state index contributed by atoms with van der Waals surface area (Å²) in [4.78, 5) is 0. The van der Waals surface area contributed by atoms with Gasteiger partial charge in [0.1, 0.15) is 11.4 Å². The van der Waals surface area contributed by atoms with Gasteiger partial charge in [0.2, 0.25) is 0 Å². The first-order valence-corrected chi connectivity index (χ1v) is 3.57. The molecule has 0 unspecified atom stereocenters. The van der Waals surface area contributed by atoms with Crippen LogP contribution in [-0.4, -0.2) is 0 Å². The normalized spacial score (nSPS) is 10.3. The number of benzene rings is 1. The molecule has 84 valence electrons. The number of rotatable bonds is 2. The SMILES string of the molecule is Cc1c(F)c(NF)c(F)c(F)c1N(F)F. The minimum absolute atomic E-state index is 0.558. The molecule has 0 atom stereocenters. The summed E-state index contributed by atoms with van der Waals surface area (Å²) in [5.41, 5.74) is -3.35. The van der Waals surface area contributed by atoms with Crippen molar-refractivity contribution < 1.29 is 26.6 Å². The van der Waals surface area contributed by atoms with Crippen molar-refractivity contribution in [2.45, 2.75) is 6.92 Å². The second-order valence-electron chi connectivity index (χ2n) is 2.62. The van der Waals surface area contributed by atoms with Crippen LogP contribution >= 0.6 is 0 Å². The van der Waals surface area contributed by atoms with Gasteiger partial charge in [0.25, 0.3) is 0 Å². The summed E-state index contributed by atoms with van der Waals surface area (Å²) in [6, 6.07) is 0. The summed E-state index contributed by atoms with van der Waals surface area (Å²) in [6.45, 7) is 0.764. The number of hydrogen-bond donors (Lipinski definition) is 1. The van der Waals surface area contributed by atoms with Gasteiger partial charge in [-0.3, -0.25) is 0 Å². The van der Waals surface area contributed by atoms with E-state index in [1.807, 2.05) is 0 Å². The minimum atomic E-state index is -2.05. The van der Waals surface area contributed by atoms with Crippen molar-refractivity contribution in [1.82, 2.24) is 0 Å². The number of hydrogen-bond acceptors (Lipinski definition) is 2. The second kappa shape index (κ2) is 3.87. The Balaban J connectivity index is 3.59. The first-order chi connectivity index (χ1) is 6.91. The Morgan fingerprint density at radius 2 is 1.53 bits per heavy atom. The number of nitrogens with one attached hydrogen (secondary N) is 1. The lowest BCUT2D eigenvalue weighted by Crippen LogP contribution is -2.08. The van der Waals surface area contributed by atoms with E-state index in [0.717, 1.165) is 6.92 Å². The highest BCUT2D eigenvalue weighted by Gasteiger charge is 2.26. The maximum atomic E-state index is 13.0. The molecular formula is C7H4F6N2. The van der Waals surface area contributed by atoms with E-state index in [0.29, 0.717) is 5.54 Å². The van der Waals surface area contributed by atoms with E-state index in [4.69, 9.17) is 0 Å². The van der Waals surface area contributed by atoms with Crippen molar-refractivity contribution in [3.05, 3.63) is 23.0 Å². The van der Waals surface area contributed by atoms with E-state index in [9.17, 15) is 26.6 Å². The Bertz CT molecular complexity index is 363. The predicted molar refractivity (Wildman–Crippen MR) is 40.5 cm³/mol. The van der Waals surface area contributed by atoms with E-state index in [1.165, 1.54) is 0 Å². The van der Waals surface area contributed by atoms with Crippen molar-refractivity contribution in [2.24, 2.45) is 0 Å². The van der Waals surface area contributed by atoms with Gasteiger partial charge in [0, 0.05) is 5.56 Å². The minimum Gasteiger partial charge on any atom is -0.218 e. The molecule has 0 amide bonds. The zero-order chi connectivity index (χ0) is 11.7. The van der Waals surface area contributed by atoms with Crippen LogP contribution in [0.4, 0.5) is 38.0 Å². The molecule has 8 heteroatoms. The second-order valence-corrected chi connectivity index (χ2v) is 2.62. The van der Waals surface area contributed by atoms with Gasteiger partial charge in [-0.05, 0) is 12.3 Å². The summed E-state index contributed by atoms with van der Waals surface area (Å²) in [7, 11) is 0. The van der Waals surface area contributed by atoms with Gasteiger partial charge < -0.3 is 0 Å². The Labute approximate surface area is 79.9 Å². The number of anilines is 2. The summed E-state index contributed by atoms with van der Waals surface area (Å²) in [5, 5.41) is -1.78. The van der Waals surface area contributed by atoms with Crippen LogP contribution < -0.4 is 10.9 Å². The van der Waals surface area contributed by atoms with Crippen LogP contribution in [0.25, 0.3) is 0 Å². The highest BCUT2D eigenvalue weighted by Crippen LogP contribution is 2.34.